The molecule has 1 N–H and O–H groups in total. The number of ether oxygens (including phenoxy) is 2. The molecular weight excluding hydrogens is 735 g/mol. The van der Waals surface area contributed by atoms with Crippen molar-refractivity contribution in [3.8, 4) is 5.75 Å². The maximum atomic E-state index is 13.4. The average Bonchev–Trinajstić information content (AvgIpc) is 3.25. The topological polar surface area (TPSA) is 63.7 Å². The van der Waals surface area contributed by atoms with Crippen LogP contribution in [-0.2, 0) is 4.74 Å². The van der Waals surface area contributed by atoms with E-state index in [-0.39, 0.29) is 18.2 Å². The van der Waals surface area contributed by atoms with Gasteiger partial charge in [0.05, 0.1) is 18.7 Å². The summed E-state index contributed by atoms with van der Waals surface area (Å²) in [6.45, 7) is 9.79. The Hall–Kier alpha value is -1.99. The lowest BCUT2D eigenvalue weighted by Crippen LogP contribution is -2.56. The standard InChI is InChI=1S/C51H87N3O3S/c1-5-8-10-12-13-14-17-20-24-28-38-58-45(29-25-21-11-9-6-2)30-26-22-18-15-16-19-23-27-35-53-51(55)57-50(49-39-43-34-37-54(49)41-42(43)7-3)46-33-36-52-48-32-31-44(56-4)40-47(46)48/h31-33,36,40,42-43,45,49-50H,5-30,34-35,37-39,41H2,1-4H3,(H,53,55)/t42-,43-,45?,49-,50+/m0/s1. The lowest BCUT2D eigenvalue weighted by Gasteiger charge is -2.51. The number of hydrogen-bond donors (Lipinski definition) is 1. The number of hydrogen-bond acceptors (Lipinski definition) is 6. The third kappa shape index (κ3) is 17.9. The van der Waals surface area contributed by atoms with Gasteiger partial charge in [-0.15, -0.1) is 0 Å². The van der Waals surface area contributed by atoms with E-state index in [2.05, 4.69) is 47.7 Å². The minimum absolute atomic E-state index is 0.179. The molecule has 3 aliphatic rings. The number of nitrogens with zero attached hydrogens (tertiary/aromatic N) is 2. The Morgan fingerprint density at radius 2 is 1.40 bits per heavy atom. The van der Waals surface area contributed by atoms with Gasteiger partial charge in [-0.25, -0.2) is 4.79 Å². The number of piperidine rings is 3. The number of amides is 1. The summed E-state index contributed by atoms with van der Waals surface area (Å²) in [5.74, 6) is 3.61. The molecule has 3 fully saturated rings. The molecule has 58 heavy (non-hydrogen) atoms. The van der Waals surface area contributed by atoms with Gasteiger partial charge in [0, 0.05) is 35.5 Å². The highest BCUT2D eigenvalue weighted by atomic mass is 32.2. The van der Waals surface area contributed by atoms with Crippen molar-refractivity contribution in [1.82, 2.24) is 15.2 Å². The Bertz CT molecular complexity index is 1360. The maximum Gasteiger partial charge on any atom is 0.407 e. The van der Waals surface area contributed by atoms with Gasteiger partial charge in [-0.3, -0.25) is 9.88 Å². The molecule has 330 valence electrons. The average molecular weight is 822 g/mol. The molecule has 1 aromatic heterocycles. The van der Waals surface area contributed by atoms with Crippen LogP contribution in [-0.4, -0.2) is 59.8 Å². The summed E-state index contributed by atoms with van der Waals surface area (Å²) in [5, 5.41) is 5.01. The summed E-state index contributed by atoms with van der Waals surface area (Å²) < 4.78 is 12.0. The Kier molecular flexibility index (Phi) is 25.3. The van der Waals surface area contributed by atoms with E-state index >= 15 is 0 Å². The molecule has 0 radical (unpaired) electrons. The minimum Gasteiger partial charge on any atom is -0.497 e. The Morgan fingerprint density at radius 3 is 1.98 bits per heavy atom. The van der Waals surface area contributed by atoms with Crippen molar-refractivity contribution >= 4 is 28.8 Å². The van der Waals surface area contributed by atoms with Gasteiger partial charge in [-0.2, -0.15) is 11.8 Å². The first-order valence-corrected chi connectivity index (χ1v) is 25.8. The molecule has 1 aromatic carbocycles. The van der Waals surface area contributed by atoms with Gasteiger partial charge in [-0.05, 0) is 86.9 Å². The summed E-state index contributed by atoms with van der Waals surface area (Å²) >= 11 is 2.31. The van der Waals surface area contributed by atoms with Gasteiger partial charge in [0.25, 0.3) is 0 Å². The number of aromatic nitrogens is 1. The molecular formula is C51H87N3O3S. The number of thioether (sulfide) groups is 1. The number of alkyl carbamates (subject to hydrolysis) is 1. The number of pyridine rings is 1. The fourth-order valence-corrected chi connectivity index (χ4v) is 11.2. The van der Waals surface area contributed by atoms with Crippen LogP contribution >= 0.6 is 11.8 Å². The van der Waals surface area contributed by atoms with E-state index in [1.54, 1.807) is 7.11 Å². The monoisotopic (exact) mass is 822 g/mol. The normalized spacial score (nSPS) is 20.0. The molecule has 0 saturated carbocycles. The van der Waals surface area contributed by atoms with Crippen molar-refractivity contribution in [3.05, 3.63) is 36.0 Å². The smallest absolute Gasteiger partial charge is 0.407 e. The van der Waals surface area contributed by atoms with Crippen molar-refractivity contribution in [1.29, 1.82) is 0 Å². The second-order valence-electron chi connectivity index (χ2n) is 18.0. The summed E-state index contributed by atoms with van der Waals surface area (Å²) in [6, 6.07) is 8.23. The number of unbranched alkanes of at least 4 members (excludes halogenated alkanes) is 20. The van der Waals surface area contributed by atoms with Gasteiger partial charge >= 0.3 is 6.09 Å². The van der Waals surface area contributed by atoms with Crippen molar-refractivity contribution in [3.63, 3.8) is 0 Å². The number of rotatable bonds is 34. The van der Waals surface area contributed by atoms with Gasteiger partial charge in [0.15, 0.2) is 0 Å². The zero-order valence-electron chi connectivity index (χ0n) is 37.9. The predicted molar refractivity (Wildman–Crippen MR) is 250 cm³/mol. The van der Waals surface area contributed by atoms with E-state index in [4.69, 9.17) is 9.47 Å². The third-order valence-electron chi connectivity index (χ3n) is 13.5. The molecule has 2 bridgehead atoms. The van der Waals surface area contributed by atoms with Crippen LogP contribution in [0.25, 0.3) is 10.9 Å². The first kappa shape index (κ1) is 48.7. The number of nitrogens with one attached hydrogen (secondary N) is 1. The number of carbonyl (C=O) groups is 1. The highest BCUT2D eigenvalue weighted by Gasteiger charge is 2.44. The lowest BCUT2D eigenvalue weighted by molar-refractivity contribution is -0.0604. The summed E-state index contributed by atoms with van der Waals surface area (Å²) in [5.41, 5.74) is 1.94. The zero-order valence-corrected chi connectivity index (χ0v) is 38.7. The molecule has 6 nitrogen and oxygen atoms in total. The molecule has 1 amide bonds. The molecule has 2 aromatic rings. The fraction of sp³-hybridized carbons (Fsp3) is 0.804. The van der Waals surface area contributed by atoms with Crippen LogP contribution in [0.5, 0.6) is 5.75 Å². The fourth-order valence-electron chi connectivity index (χ4n) is 9.86. The van der Waals surface area contributed by atoms with Gasteiger partial charge < -0.3 is 14.8 Å². The lowest BCUT2D eigenvalue weighted by atomic mass is 9.72. The Balaban J connectivity index is 1.09. The molecule has 2 unspecified atom stereocenters. The number of carbonyl (C=O) groups excluding carboxylic acids is 1. The van der Waals surface area contributed by atoms with E-state index in [1.165, 1.54) is 166 Å². The Morgan fingerprint density at radius 1 is 0.793 bits per heavy atom. The second kappa shape index (κ2) is 30.1. The van der Waals surface area contributed by atoms with E-state index in [9.17, 15) is 4.79 Å². The molecule has 0 spiro atoms. The molecule has 6 atom stereocenters. The summed E-state index contributed by atoms with van der Waals surface area (Å²) in [4.78, 5) is 20.6. The third-order valence-corrected chi connectivity index (χ3v) is 15.0. The van der Waals surface area contributed by atoms with Gasteiger partial charge in [-0.1, -0.05) is 162 Å². The molecule has 0 aliphatic carbocycles. The van der Waals surface area contributed by atoms with E-state index in [1.807, 2.05) is 30.5 Å². The predicted octanol–water partition coefficient (Wildman–Crippen LogP) is 15.0. The van der Waals surface area contributed by atoms with Crippen molar-refractivity contribution < 1.29 is 14.3 Å². The molecule has 3 aliphatic heterocycles. The summed E-state index contributed by atoms with van der Waals surface area (Å²) in [7, 11) is 1.70. The van der Waals surface area contributed by atoms with Gasteiger partial charge in [0.1, 0.15) is 11.9 Å². The second-order valence-corrected chi connectivity index (χ2v) is 19.5. The first-order chi connectivity index (χ1) is 28.6. The van der Waals surface area contributed by atoms with Crippen molar-refractivity contribution in [2.75, 3.05) is 32.5 Å². The van der Waals surface area contributed by atoms with Crippen molar-refractivity contribution in [2.24, 2.45) is 11.8 Å². The molecule has 3 saturated heterocycles. The highest BCUT2D eigenvalue weighted by Crippen LogP contribution is 2.44. The number of methoxy groups -OCH3 is 1. The van der Waals surface area contributed by atoms with Crippen LogP contribution < -0.4 is 10.1 Å². The van der Waals surface area contributed by atoms with Gasteiger partial charge in [0.2, 0.25) is 0 Å². The molecule has 7 heteroatoms. The van der Waals surface area contributed by atoms with Crippen LogP contribution in [0.1, 0.15) is 212 Å². The van der Waals surface area contributed by atoms with Crippen LogP contribution in [0.2, 0.25) is 0 Å². The Labute approximate surface area is 360 Å². The SMILES string of the molecule is CCCCCCCCCCCCSC(CCCCCCC)CCCCCCCCCCNC(=O)O[C@H](c1ccnc2ccc(OC)cc12)[C@@H]1C[C@@H]2CCN1C[C@@H]2CC. The minimum atomic E-state index is -0.345. The van der Waals surface area contributed by atoms with Crippen LogP contribution in [0, 0.1) is 11.8 Å². The van der Waals surface area contributed by atoms with E-state index in [0.29, 0.717) is 12.5 Å². The molecule has 5 rings (SSSR count). The van der Waals surface area contributed by atoms with Crippen LogP contribution in [0.15, 0.2) is 30.5 Å². The van der Waals surface area contributed by atoms with Crippen LogP contribution in [0.3, 0.4) is 0 Å². The summed E-state index contributed by atoms with van der Waals surface area (Å²) in [6.07, 6.45) is 39.1. The first-order valence-electron chi connectivity index (χ1n) is 24.8. The molecule has 4 heterocycles. The largest absolute Gasteiger partial charge is 0.497 e. The van der Waals surface area contributed by atoms with E-state index < -0.39 is 0 Å². The van der Waals surface area contributed by atoms with E-state index in [0.717, 1.165) is 65.7 Å². The van der Waals surface area contributed by atoms with Crippen LogP contribution in [0.4, 0.5) is 4.79 Å². The zero-order chi connectivity index (χ0) is 41.0. The maximum absolute atomic E-state index is 13.4. The number of benzene rings is 1. The highest BCUT2D eigenvalue weighted by molar-refractivity contribution is 7.99. The van der Waals surface area contributed by atoms with Crippen molar-refractivity contribution in [2.45, 2.75) is 218 Å². The number of fused-ring (bicyclic) bond motifs is 4. The quantitative estimate of drug-likeness (QED) is 0.0710.